The molecule has 0 fully saturated rings. The van der Waals surface area contributed by atoms with Gasteiger partial charge in [0.15, 0.2) is 0 Å². The number of anilines is 1. The van der Waals surface area contributed by atoms with Crippen LogP contribution in [0.5, 0.6) is 5.75 Å². The van der Waals surface area contributed by atoms with Gasteiger partial charge in [0.25, 0.3) is 0 Å². The molecule has 0 spiro atoms. The van der Waals surface area contributed by atoms with Crippen molar-refractivity contribution in [3.63, 3.8) is 0 Å². The number of carbonyl (C=O) groups is 1. The normalized spacial score (nSPS) is 11.9. The lowest BCUT2D eigenvalue weighted by Gasteiger charge is -2.16. The monoisotopic (exact) mass is 410 g/mol. The van der Waals surface area contributed by atoms with Gasteiger partial charge in [-0.15, -0.1) is 0 Å². The van der Waals surface area contributed by atoms with Gasteiger partial charge in [-0.1, -0.05) is 45.7 Å². The van der Waals surface area contributed by atoms with Crippen molar-refractivity contribution >= 4 is 39.1 Å². The average molecular weight is 412 g/mol. The van der Waals surface area contributed by atoms with Gasteiger partial charge in [0.1, 0.15) is 5.75 Å². The Balaban J connectivity index is 1.99. The van der Waals surface area contributed by atoms with Crippen molar-refractivity contribution in [3.05, 3.63) is 57.0 Å². The molecule has 1 unspecified atom stereocenters. The first-order valence-electron chi connectivity index (χ1n) is 7.54. The Morgan fingerprint density at radius 3 is 2.71 bits per heavy atom. The molecule has 2 aromatic carbocycles. The topological polar surface area (TPSA) is 50.4 Å². The fourth-order valence-electron chi connectivity index (χ4n) is 2.31. The third-order valence-corrected chi connectivity index (χ3v) is 4.82. The van der Waals surface area contributed by atoms with Crippen LogP contribution in [0.15, 0.2) is 40.9 Å². The van der Waals surface area contributed by atoms with Gasteiger partial charge < -0.3 is 15.4 Å². The van der Waals surface area contributed by atoms with Crippen LogP contribution in [0.2, 0.25) is 5.02 Å². The highest BCUT2D eigenvalue weighted by atomic mass is 79.9. The lowest BCUT2D eigenvalue weighted by atomic mass is 10.1. The summed E-state index contributed by atoms with van der Waals surface area (Å²) in [5.41, 5.74) is 2.59. The van der Waals surface area contributed by atoms with Gasteiger partial charge in [-0.25, -0.2) is 0 Å². The molecule has 1 amide bonds. The summed E-state index contributed by atoms with van der Waals surface area (Å²) in [5, 5.41) is 6.67. The van der Waals surface area contributed by atoms with E-state index in [0.717, 1.165) is 15.6 Å². The molecular weight excluding hydrogens is 392 g/mol. The first-order chi connectivity index (χ1) is 11.4. The van der Waals surface area contributed by atoms with E-state index in [4.69, 9.17) is 16.3 Å². The van der Waals surface area contributed by atoms with E-state index in [-0.39, 0.29) is 18.5 Å². The molecule has 0 radical (unpaired) electrons. The number of carbonyl (C=O) groups excluding carboxylic acids is 1. The predicted octanol–water partition coefficient (Wildman–Crippen LogP) is 4.71. The second-order valence-electron chi connectivity index (χ2n) is 5.47. The number of nitrogens with one attached hydrogen (secondary N) is 2. The highest BCUT2D eigenvalue weighted by molar-refractivity contribution is 9.10. The molecule has 0 aliphatic rings. The quantitative estimate of drug-likeness (QED) is 0.724. The molecule has 6 heteroatoms. The van der Waals surface area contributed by atoms with Crippen molar-refractivity contribution in [2.75, 3.05) is 19.0 Å². The van der Waals surface area contributed by atoms with E-state index >= 15 is 0 Å². The number of rotatable bonds is 6. The van der Waals surface area contributed by atoms with Crippen molar-refractivity contribution in [3.8, 4) is 5.75 Å². The van der Waals surface area contributed by atoms with Gasteiger partial charge >= 0.3 is 0 Å². The minimum atomic E-state index is -0.145. The Morgan fingerprint density at radius 1 is 1.33 bits per heavy atom. The van der Waals surface area contributed by atoms with E-state index in [2.05, 4.69) is 26.6 Å². The summed E-state index contributed by atoms with van der Waals surface area (Å²) >= 11 is 9.60. The van der Waals surface area contributed by atoms with Crippen molar-refractivity contribution in [2.45, 2.75) is 19.9 Å². The minimum Gasteiger partial charge on any atom is -0.495 e. The van der Waals surface area contributed by atoms with E-state index in [1.807, 2.05) is 38.1 Å². The Hall–Kier alpha value is -1.56. The number of hydrogen-bond donors (Lipinski definition) is 2. The van der Waals surface area contributed by atoms with Gasteiger partial charge in [-0.2, -0.15) is 0 Å². The number of ether oxygens (including phenoxy) is 1. The Labute approximate surface area is 155 Å². The summed E-state index contributed by atoms with van der Waals surface area (Å²) in [4.78, 5) is 12.2. The molecule has 0 heterocycles. The summed E-state index contributed by atoms with van der Waals surface area (Å²) in [7, 11) is 1.55. The predicted molar refractivity (Wildman–Crippen MR) is 102 cm³/mol. The zero-order valence-corrected chi connectivity index (χ0v) is 16.2. The molecule has 0 saturated carbocycles. The number of aryl methyl sites for hydroxylation is 1. The van der Waals surface area contributed by atoms with Crippen LogP contribution in [0.4, 0.5) is 5.69 Å². The summed E-state index contributed by atoms with van der Waals surface area (Å²) < 4.78 is 6.28. The highest BCUT2D eigenvalue weighted by Crippen LogP contribution is 2.30. The van der Waals surface area contributed by atoms with E-state index in [1.54, 1.807) is 19.2 Å². The summed E-state index contributed by atoms with van der Waals surface area (Å²) in [6.45, 7) is 4.08. The highest BCUT2D eigenvalue weighted by Gasteiger charge is 2.13. The average Bonchev–Trinajstić information content (AvgIpc) is 2.56. The van der Waals surface area contributed by atoms with Gasteiger partial charge in [-0.3, -0.25) is 4.79 Å². The van der Waals surface area contributed by atoms with E-state index in [1.165, 1.54) is 0 Å². The number of methoxy groups -OCH3 is 1. The summed E-state index contributed by atoms with van der Waals surface area (Å²) in [6.07, 6.45) is 0. The van der Waals surface area contributed by atoms with Crippen molar-refractivity contribution in [2.24, 2.45) is 0 Å². The third kappa shape index (κ3) is 4.72. The lowest BCUT2D eigenvalue weighted by Crippen LogP contribution is -2.30. The maximum atomic E-state index is 12.2. The fourth-order valence-corrected chi connectivity index (χ4v) is 3.09. The van der Waals surface area contributed by atoms with Crippen LogP contribution in [-0.2, 0) is 4.79 Å². The first kappa shape index (κ1) is 18.8. The Morgan fingerprint density at radius 2 is 2.04 bits per heavy atom. The maximum absolute atomic E-state index is 12.2. The molecule has 1 atom stereocenters. The van der Waals surface area contributed by atoms with Crippen LogP contribution >= 0.6 is 27.5 Å². The lowest BCUT2D eigenvalue weighted by molar-refractivity contribution is -0.115. The number of hydrogen-bond acceptors (Lipinski definition) is 3. The van der Waals surface area contributed by atoms with E-state index in [9.17, 15) is 4.79 Å². The Kier molecular flexibility index (Phi) is 6.66. The smallest absolute Gasteiger partial charge is 0.238 e. The van der Waals surface area contributed by atoms with Crippen LogP contribution in [0, 0.1) is 6.92 Å². The molecule has 4 nitrogen and oxygen atoms in total. The van der Waals surface area contributed by atoms with Crippen LogP contribution < -0.4 is 15.4 Å². The molecule has 0 aliphatic carbocycles. The molecule has 2 aromatic rings. The van der Waals surface area contributed by atoms with Crippen LogP contribution in [0.25, 0.3) is 0 Å². The molecule has 0 aliphatic heterocycles. The molecule has 128 valence electrons. The number of halogens is 2. The molecule has 0 saturated heterocycles. The van der Waals surface area contributed by atoms with Crippen molar-refractivity contribution in [1.29, 1.82) is 0 Å². The fraction of sp³-hybridized carbons (Fsp3) is 0.278. The molecule has 2 N–H and O–H groups in total. The standard InChI is InChI=1S/C18H20BrClN2O2/c1-11-8-16(17(24-3)9-15(11)20)22-18(23)10-21-12(2)13-6-4-5-7-14(13)19/h4-9,12,21H,10H2,1-3H3,(H,22,23). The zero-order chi connectivity index (χ0) is 17.7. The van der Waals surface area contributed by atoms with Crippen LogP contribution in [0.3, 0.4) is 0 Å². The number of amides is 1. The number of benzene rings is 2. The molecule has 0 aromatic heterocycles. The molecular formula is C18H20BrClN2O2. The second-order valence-corrected chi connectivity index (χ2v) is 6.74. The Bertz CT molecular complexity index is 737. The SMILES string of the molecule is COc1cc(Cl)c(C)cc1NC(=O)CNC(C)c1ccccc1Br. The molecule has 24 heavy (non-hydrogen) atoms. The summed E-state index contributed by atoms with van der Waals surface area (Å²) in [6, 6.07) is 11.5. The van der Waals surface area contributed by atoms with Crippen molar-refractivity contribution in [1.82, 2.24) is 5.32 Å². The van der Waals surface area contributed by atoms with Gasteiger partial charge in [-0.05, 0) is 37.1 Å². The summed E-state index contributed by atoms with van der Waals surface area (Å²) in [5.74, 6) is 0.395. The van der Waals surface area contributed by atoms with E-state index in [0.29, 0.717) is 16.5 Å². The minimum absolute atomic E-state index is 0.0418. The molecule has 2 rings (SSSR count). The molecule has 0 bridgehead atoms. The zero-order valence-electron chi connectivity index (χ0n) is 13.8. The maximum Gasteiger partial charge on any atom is 0.238 e. The first-order valence-corrected chi connectivity index (χ1v) is 8.71. The largest absolute Gasteiger partial charge is 0.495 e. The van der Waals surface area contributed by atoms with Gasteiger partial charge in [0, 0.05) is 21.6 Å². The van der Waals surface area contributed by atoms with E-state index < -0.39 is 0 Å². The van der Waals surface area contributed by atoms with Crippen LogP contribution in [0.1, 0.15) is 24.1 Å². The van der Waals surface area contributed by atoms with Crippen LogP contribution in [-0.4, -0.2) is 19.6 Å². The second kappa shape index (κ2) is 8.51. The van der Waals surface area contributed by atoms with Crippen molar-refractivity contribution < 1.29 is 9.53 Å². The van der Waals surface area contributed by atoms with Gasteiger partial charge in [0.2, 0.25) is 5.91 Å². The third-order valence-electron chi connectivity index (χ3n) is 3.70. The van der Waals surface area contributed by atoms with Gasteiger partial charge in [0.05, 0.1) is 19.3 Å².